The molecular weight excluding hydrogens is 456 g/mol. The SMILES string of the molecule is Cc1cc(Nc2cc3ncccc3c(NC3C4CC5CC3CC(O)(C5)C4)n2)nn1C(=O)OC(C)(C)C. The number of carbonyl (C=O) groups excluding carboxylic acids is 1. The van der Waals surface area contributed by atoms with Gasteiger partial charge in [-0.3, -0.25) is 4.98 Å². The fourth-order valence-electron chi connectivity index (χ4n) is 6.78. The zero-order valence-electron chi connectivity index (χ0n) is 21.3. The number of rotatable bonds is 4. The van der Waals surface area contributed by atoms with Gasteiger partial charge in [0, 0.05) is 35.5 Å². The molecule has 3 N–H and O–H groups in total. The van der Waals surface area contributed by atoms with Gasteiger partial charge in [-0.05, 0) is 89.7 Å². The van der Waals surface area contributed by atoms with Crippen LogP contribution < -0.4 is 10.6 Å². The first-order valence-electron chi connectivity index (χ1n) is 12.9. The summed E-state index contributed by atoms with van der Waals surface area (Å²) in [6, 6.07) is 7.93. The van der Waals surface area contributed by atoms with Crippen molar-refractivity contribution in [1.29, 1.82) is 0 Å². The highest BCUT2D eigenvalue weighted by atomic mass is 16.6. The Morgan fingerprint density at radius 1 is 1.17 bits per heavy atom. The summed E-state index contributed by atoms with van der Waals surface area (Å²) in [6.07, 6.45) is 6.30. The van der Waals surface area contributed by atoms with Crippen LogP contribution in [0.5, 0.6) is 0 Å². The maximum Gasteiger partial charge on any atom is 0.435 e. The maximum absolute atomic E-state index is 12.5. The third-order valence-electron chi connectivity index (χ3n) is 7.85. The summed E-state index contributed by atoms with van der Waals surface area (Å²) in [5, 5.41) is 23.4. The smallest absolute Gasteiger partial charge is 0.435 e. The van der Waals surface area contributed by atoms with Gasteiger partial charge >= 0.3 is 6.09 Å². The highest BCUT2D eigenvalue weighted by Crippen LogP contribution is 2.56. The van der Waals surface area contributed by atoms with Gasteiger partial charge in [0.25, 0.3) is 0 Å². The molecule has 4 aliphatic carbocycles. The van der Waals surface area contributed by atoms with Crippen LogP contribution in [0, 0.1) is 24.7 Å². The summed E-state index contributed by atoms with van der Waals surface area (Å²) in [5.41, 5.74) is 0.404. The third kappa shape index (κ3) is 4.30. The Bertz CT molecular complexity index is 1310. The Hall–Kier alpha value is -3.20. The predicted molar refractivity (Wildman–Crippen MR) is 137 cm³/mol. The number of nitrogens with zero attached hydrogens (tertiary/aromatic N) is 4. The van der Waals surface area contributed by atoms with Crippen LogP contribution >= 0.6 is 0 Å². The molecule has 9 heteroatoms. The molecule has 4 saturated carbocycles. The molecule has 3 aromatic heterocycles. The summed E-state index contributed by atoms with van der Waals surface area (Å²) in [4.78, 5) is 22.0. The molecule has 190 valence electrons. The summed E-state index contributed by atoms with van der Waals surface area (Å²) in [5.74, 6) is 3.45. The Morgan fingerprint density at radius 3 is 2.61 bits per heavy atom. The van der Waals surface area contributed by atoms with Crippen LogP contribution in [0.25, 0.3) is 10.9 Å². The van der Waals surface area contributed by atoms with Gasteiger partial charge in [-0.25, -0.2) is 9.78 Å². The van der Waals surface area contributed by atoms with E-state index in [4.69, 9.17) is 9.72 Å². The average Bonchev–Trinajstić information content (AvgIpc) is 3.14. The van der Waals surface area contributed by atoms with Crippen molar-refractivity contribution in [2.45, 2.75) is 77.0 Å². The van der Waals surface area contributed by atoms with Crippen molar-refractivity contribution in [2.75, 3.05) is 10.6 Å². The molecule has 0 spiro atoms. The largest absolute Gasteiger partial charge is 0.442 e. The number of aryl methyl sites for hydroxylation is 1. The lowest BCUT2D eigenvalue weighted by Gasteiger charge is -2.58. The van der Waals surface area contributed by atoms with E-state index < -0.39 is 17.3 Å². The molecule has 0 amide bonds. The number of anilines is 3. The molecular formula is C27H34N6O3. The van der Waals surface area contributed by atoms with Gasteiger partial charge in [-0.2, -0.15) is 4.68 Å². The monoisotopic (exact) mass is 490 g/mol. The quantitative estimate of drug-likeness (QED) is 0.467. The zero-order chi connectivity index (χ0) is 25.2. The van der Waals surface area contributed by atoms with Crippen LogP contribution in [0.1, 0.15) is 58.6 Å². The van der Waals surface area contributed by atoms with Crippen LogP contribution in [0.15, 0.2) is 30.5 Å². The molecule has 4 bridgehead atoms. The van der Waals surface area contributed by atoms with Crippen molar-refractivity contribution in [3.63, 3.8) is 0 Å². The first-order chi connectivity index (χ1) is 17.1. The van der Waals surface area contributed by atoms with E-state index in [1.54, 1.807) is 12.3 Å². The van der Waals surface area contributed by atoms with Crippen LogP contribution in [0.4, 0.5) is 22.2 Å². The van der Waals surface area contributed by atoms with Crippen molar-refractivity contribution in [2.24, 2.45) is 17.8 Å². The molecule has 7 rings (SSSR count). The van der Waals surface area contributed by atoms with E-state index >= 15 is 0 Å². The Balaban J connectivity index is 1.28. The van der Waals surface area contributed by atoms with Gasteiger partial charge in [-0.1, -0.05) is 0 Å². The number of aliphatic hydroxyl groups is 1. The molecule has 2 atom stereocenters. The average molecular weight is 491 g/mol. The molecule has 9 nitrogen and oxygen atoms in total. The Labute approximate surface area is 210 Å². The van der Waals surface area contributed by atoms with E-state index in [0.717, 1.165) is 36.0 Å². The van der Waals surface area contributed by atoms with E-state index in [1.165, 1.54) is 17.5 Å². The number of fused-ring (bicyclic) bond motifs is 1. The minimum absolute atomic E-state index is 0.293. The van der Waals surface area contributed by atoms with Crippen molar-refractivity contribution in [3.8, 4) is 0 Å². The highest BCUT2D eigenvalue weighted by Gasteiger charge is 2.54. The number of aromatic nitrogens is 4. The fourth-order valence-corrected chi connectivity index (χ4v) is 6.78. The highest BCUT2D eigenvalue weighted by molar-refractivity contribution is 5.91. The molecule has 3 aromatic rings. The summed E-state index contributed by atoms with van der Waals surface area (Å²) < 4.78 is 6.72. The summed E-state index contributed by atoms with van der Waals surface area (Å²) in [7, 11) is 0. The fraction of sp³-hybridized carbons (Fsp3) is 0.556. The van der Waals surface area contributed by atoms with E-state index in [0.29, 0.717) is 41.1 Å². The second kappa shape index (κ2) is 8.16. The number of hydrogen-bond donors (Lipinski definition) is 3. The van der Waals surface area contributed by atoms with E-state index in [1.807, 2.05) is 45.9 Å². The number of pyridine rings is 2. The molecule has 2 unspecified atom stereocenters. The standard InChI is InChI=1S/C27H34N6O3/c1-15-8-22(32-33(15)25(34)36-26(2,3)4)29-21-11-20-19(6-5-7-28-20)24(30-21)31-23-17-9-16-10-18(23)14-27(35,12-16)13-17/h5-8,11,16-18,23,35H,9-10,12-14H2,1-4H3,(H2,29,30,31,32). The Kier molecular flexibility index (Phi) is 5.26. The normalized spacial score (nSPS) is 28.9. The Morgan fingerprint density at radius 2 is 1.92 bits per heavy atom. The maximum atomic E-state index is 12.5. The van der Waals surface area contributed by atoms with Crippen molar-refractivity contribution in [3.05, 3.63) is 36.2 Å². The molecule has 36 heavy (non-hydrogen) atoms. The lowest BCUT2D eigenvalue weighted by molar-refractivity contribution is -0.129. The molecule has 4 fully saturated rings. The molecule has 0 aromatic carbocycles. The topological polar surface area (TPSA) is 114 Å². The van der Waals surface area contributed by atoms with Gasteiger partial charge in [0.1, 0.15) is 17.2 Å². The first kappa shape index (κ1) is 23.2. The van der Waals surface area contributed by atoms with E-state index in [2.05, 4.69) is 20.7 Å². The van der Waals surface area contributed by atoms with Crippen molar-refractivity contribution >= 4 is 34.4 Å². The van der Waals surface area contributed by atoms with Crippen LogP contribution in [0.3, 0.4) is 0 Å². The van der Waals surface area contributed by atoms with Gasteiger partial charge in [0.2, 0.25) is 0 Å². The van der Waals surface area contributed by atoms with Crippen LogP contribution in [-0.2, 0) is 4.74 Å². The van der Waals surface area contributed by atoms with Gasteiger partial charge in [0.05, 0.1) is 11.1 Å². The summed E-state index contributed by atoms with van der Waals surface area (Å²) in [6.45, 7) is 7.29. The minimum atomic E-state index is -0.608. The minimum Gasteiger partial charge on any atom is -0.442 e. The number of hydrogen-bond acceptors (Lipinski definition) is 8. The lowest BCUT2D eigenvalue weighted by atomic mass is 9.52. The van der Waals surface area contributed by atoms with Gasteiger partial charge < -0.3 is 20.5 Å². The second-order valence-corrected chi connectivity index (χ2v) is 12.0. The molecule has 0 aliphatic heterocycles. The molecule has 0 saturated heterocycles. The van der Waals surface area contributed by atoms with Crippen LogP contribution in [-0.4, -0.2) is 48.2 Å². The zero-order valence-corrected chi connectivity index (χ0v) is 21.3. The van der Waals surface area contributed by atoms with Gasteiger partial charge in [0.15, 0.2) is 5.82 Å². The van der Waals surface area contributed by atoms with Crippen LogP contribution in [0.2, 0.25) is 0 Å². The molecule has 3 heterocycles. The van der Waals surface area contributed by atoms with Gasteiger partial charge in [-0.15, -0.1) is 5.10 Å². The van der Waals surface area contributed by atoms with E-state index in [-0.39, 0.29) is 0 Å². The second-order valence-electron chi connectivity index (χ2n) is 12.0. The first-order valence-corrected chi connectivity index (χ1v) is 12.9. The number of ether oxygens (including phenoxy) is 1. The molecule has 0 radical (unpaired) electrons. The number of carbonyl (C=O) groups is 1. The molecule has 4 aliphatic rings. The van der Waals surface area contributed by atoms with Crippen molar-refractivity contribution < 1.29 is 14.6 Å². The summed E-state index contributed by atoms with van der Waals surface area (Å²) >= 11 is 0. The van der Waals surface area contributed by atoms with Crippen molar-refractivity contribution in [1.82, 2.24) is 19.7 Å². The third-order valence-corrected chi connectivity index (χ3v) is 7.85. The lowest BCUT2D eigenvalue weighted by Crippen LogP contribution is -2.59. The predicted octanol–water partition coefficient (Wildman–Crippen LogP) is 5.01. The van der Waals surface area contributed by atoms with E-state index in [9.17, 15) is 9.90 Å². The number of nitrogens with one attached hydrogen (secondary N) is 2.